The van der Waals surface area contributed by atoms with Gasteiger partial charge in [-0.2, -0.15) is 8.42 Å². The number of hydrogen-bond acceptors (Lipinski definition) is 4. The minimum Gasteiger partial charge on any atom is -0.342 e. The van der Waals surface area contributed by atoms with Crippen molar-refractivity contribution in [2.45, 2.75) is 6.92 Å². The average molecular weight is 148 g/mol. The molecule has 0 aromatic heterocycles. The number of rotatable bonds is 0. The Kier molecular flexibility index (Phi) is 1.24. The van der Waals surface area contributed by atoms with E-state index in [1.807, 2.05) is 0 Å². The second kappa shape index (κ2) is 1.80. The fraction of sp³-hybridized carbons (Fsp3) is 0.333. The maximum Gasteiger partial charge on any atom is 0.448 e. The Morgan fingerprint density at radius 2 is 2.33 bits per heavy atom. The maximum absolute atomic E-state index is 10.3. The Hall–Kier alpha value is -0.910. The third-order valence-corrected chi connectivity index (χ3v) is 1.34. The standard InChI is InChI=1S/C3H4N2O3S/c1-2-3-4-5-9(6,7)8-3/h2H,1H3/b3-2-. The van der Waals surface area contributed by atoms with E-state index in [4.69, 9.17) is 0 Å². The fourth-order valence-electron chi connectivity index (χ4n) is 0.337. The number of hydrogen-bond donors (Lipinski definition) is 0. The Morgan fingerprint density at radius 3 is 2.56 bits per heavy atom. The lowest BCUT2D eigenvalue weighted by atomic mass is 10.7. The van der Waals surface area contributed by atoms with Crippen LogP contribution >= 0.6 is 0 Å². The van der Waals surface area contributed by atoms with E-state index in [1.165, 1.54) is 6.08 Å². The summed E-state index contributed by atoms with van der Waals surface area (Å²) in [5.41, 5.74) is 0. The zero-order valence-electron chi connectivity index (χ0n) is 4.60. The van der Waals surface area contributed by atoms with Crippen molar-refractivity contribution >= 4 is 10.3 Å². The van der Waals surface area contributed by atoms with Gasteiger partial charge in [-0.1, -0.05) is 5.11 Å². The summed E-state index contributed by atoms with van der Waals surface area (Å²) in [5.74, 6) is 0.0231. The molecular weight excluding hydrogens is 144 g/mol. The molecular formula is C3H4N2O3S. The van der Waals surface area contributed by atoms with Gasteiger partial charge in [0.2, 0.25) is 0 Å². The monoisotopic (exact) mass is 148 g/mol. The molecule has 50 valence electrons. The highest BCUT2D eigenvalue weighted by molar-refractivity contribution is 7.85. The van der Waals surface area contributed by atoms with Gasteiger partial charge in [-0.3, -0.25) is 0 Å². The van der Waals surface area contributed by atoms with Crippen LogP contribution in [0.4, 0.5) is 0 Å². The van der Waals surface area contributed by atoms with Crippen molar-refractivity contribution in [1.82, 2.24) is 0 Å². The van der Waals surface area contributed by atoms with Gasteiger partial charge in [0, 0.05) is 0 Å². The summed E-state index contributed by atoms with van der Waals surface area (Å²) in [7, 11) is -3.72. The Morgan fingerprint density at radius 1 is 1.67 bits per heavy atom. The second-order valence-corrected chi connectivity index (χ2v) is 2.51. The quantitative estimate of drug-likeness (QED) is 0.504. The molecule has 0 spiro atoms. The van der Waals surface area contributed by atoms with Crippen molar-refractivity contribution in [3.8, 4) is 0 Å². The third-order valence-electron chi connectivity index (χ3n) is 0.677. The fourth-order valence-corrected chi connectivity index (χ4v) is 0.896. The Balaban J connectivity index is 2.97. The first-order chi connectivity index (χ1) is 4.14. The highest BCUT2D eigenvalue weighted by Crippen LogP contribution is 2.15. The first-order valence-corrected chi connectivity index (χ1v) is 3.54. The third kappa shape index (κ3) is 1.26. The molecule has 0 aliphatic carbocycles. The summed E-state index contributed by atoms with van der Waals surface area (Å²) in [5, 5.41) is 3.18. The minimum absolute atomic E-state index is 0.0231. The highest BCUT2D eigenvalue weighted by atomic mass is 32.2. The van der Waals surface area contributed by atoms with Crippen LogP contribution in [0.5, 0.6) is 0 Å². The minimum atomic E-state index is -3.72. The molecule has 1 aliphatic heterocycles. The van der Waals surface area contributed by atoms with E-state index < -0.39 is 10.3 Å². The molecule has 0 fully saturated rings. The molecule has 1 heterocycles. The van der Waals surface area contributed by atoms with Gasteiger partial charge in [0.1, 0.15) is 0 Å². The van der Waals surface area contributed by atoms with Crippen LogP contribution in [0.15, 0.2) is 21.6 Å². The van der Waals surface area contributed by atoms with Gasteiger partial charge in [-0.15, -0.1) is 0 Å². The molecule has 0 saturated carbocycles. The van der Waals surface area contributed by atoms with Crippen molar-refractivity contribution < 1.29 is 12.6 Å². The van der Waals surface area contributed by atoms with Crippen LogP contribution in [0, 0.1) is 0 Å². The van der Waals surface area contributed by atoms with Gasteiger partial charge in [-0.05, 0) is 17.5 Å². The van der Waals surface area contributed by atoms with Crippen LogP contribution < -0.4 is 0 Å². The van der Waals surface area contributed by atoms with Crippen LogP contribution in [-0.4, -0.2) is 8.42 Å². The summed E-state index contributed by atoms with van der Waals surface area (Å²) in [6.45, 7) is 1.61. The van der Waals surface area contributed by atoms with Gasteiger partial charge < -0.3 is 4.18 Å². The molecule has 0 amide bonds. The summed E-state index contributed by atoms with van der Waals surface area (Å²) >= 11 is 0. The average Bonchev–Trinajstić information content (AvgIpc) is 2.10. The Bertz CT molecular complexity index is 263. The molecule has 0 saturated heterocycles. The maximum atomic E-state index is 10.3. The first-order valence-electron chi connectivity index (χ1n) is 2.18. The lowest BCUT2D eigenvalue weighted by Gasteiger charge is -1.86. The van der Waals surface area contributed by atoms with Gasteiger partial charge >= 0.3 is 10.3 Å². The SMILES string of the molecule is C/C=C1/N=NS(=O)(=O)O1. The predicted octanol–water partition coefficient (Wildman–Crippen LogP) is 0.575. The van der Waals surface area contributed by atoms with E-state index in [0.29, 0.717) is 0 Å². The molecule has 0 atom stereocenters. The van der Waals surface area contributed by atoms with E-state index >= 15 is 0 Å². The number of nitrogens with zero attached hydrogens (tertiary/aromatic N) is 2. The van der Waals surface area contributed by atoms with E-state index in [2.05, 4.69) is 13.8 Å². The normalized spacial score (nSPS) is 26.6. The van der Waals surface area contributed by atoms with Crippen molar-refractivity contribution in [3.05, 3.63) is 12.0 Å². The van der Waals surface area contributed by atoms with E-state index in [9.17, 15) is 8.42 Å². The summed E-state index contributed by atoms with van der Waals surface area (Å²) < 4.78 is 27.6. The van der Waals surface area contributed by atoms with Gasteiger partial charge in [0.25, 0.3) is 5.88 Å². The van der Waals surface area contributed by atoms with Crippen molar-refractivity contribution in [2.24, 2.45) is 9.63 Å². The smallest absolute Gasteiger partial charge is 0.342 e. The van der Waals surface area contributed by atoms with Gasteiger partial charge in [0.05, 0.1) is 0 Å². The van der Waals surface area contributed by atoms with Crippen LogP contribution in [0.2, 0.25) is 0 Å². The van der Waals surface area contributed by atoms with Gasteiger partial charge in [0.15, 0.2) is 0 Å². The topological polar surface area (TPSA) is 68.1 Å². The van der Waals surface area contributed by atoms with Crippen molar-refractivity contribution in [1.29, 1.82) is 0 Å². The van der Waals surface area contributed by atoms with E-state index in [0.717, 1.165) is 0 Å². The summed E-state index contributed by atoms with van der Waals surface area (Å²) in [6.07, 6.45) is 1.41. The van der Waals surface area contributed by atoms with E-state index in [-0.39, 0.29) is 5.88 Å². The molecule has 0 N–H and O–H groups in total. The van der Waals surface area contributed by atoms with Crippen LogP contribution in [0.3, 0.4) is 0 Å². The van der Waals surface area contributed by atoms with Gasteiger partial charge in [-0.25, -0.2) is 0 Å². The molecule has 5 nitrogen and oxygen atoms in total. The summed E-state index contributed by atoms with van der Waals surface area (Å²) in [4.78, 5) is 0. The largest absolute Gasteiger partial charge is 0.448 e. The zero-order chi connectivity index (χ0) is 6.91. The lowest BCUT2D eigenvalue weighted by molar-refractivity contribution is 0.423. The lowest BCUT2D eigenvalue weighted by Crippen LogP contribution is -1.91. The van der Waals surface area contributed by atoms with Crippen molar-refractivity contribution in [2.75, 3.05) is 0 Å². The van der Waals surface area contributed by atoms with Crippen LogP contribution in [0.1, 0.15) is 6.92 Å². The molecule has 1 rings (SSSR count). The molecule has 6 heteroatoms. The zero-order valence-corrected chi connectivity index (χ0v) is 5.42. The second-order valence-electron chi connectivity index (χ2n) is 1.32. The molecule has 0 aromatic rings. The van der Waals surface area contributed by atoms with Crippen molar-refractivity contribution in [3.63, 3.8) is 0 Å². The molecule has 9 heavy (non-hydrogen) atoms. The molecule has 1 aliphatic rings. The highest BCUT2D eigenvalue weighted by Gasteiger charge is 2.18. The van der Waals surface area contributed by atoms with Crippen LogP contribution in [-0.2, 0) is 14.5 Å². The molecule has 0 unspecified atom stereocenters. The predicted molar refractivity (Wildman–Crippen MR) is 28.6 cm³/mol. The summed E-state index contributed by atoms with van der Waals surface area (Å²) in [6, 6.07) is 0. The van der Waals surface area contributed by atoms with Crippen LogP contribution in [0.25, 0.3) is 0 Å². The molecule has 0 bridgehead atoms. The molecule has 0 radical (unpaired) electrons. The molecule has 0 aromatic carbocycles. The van der Waals surface area contributed by atoms with E-state index in [1.54, 1.807) is 6.92 Å². The first kappa shape index (κ1) is 6.21. The Labute approximate surface area is 52.3 Å². The number of allylic oxidation sites excluding steroid dienone is 1.